The van der Waals surface area contributed by atoms with E-state index in [1.807, 2.05) is 0 Å². The molecule has 0 bridgehead atoms. The van der Waals surface area contributed by atoms with E-state index in [1.54, 1.807) is 0 Å². The van der Waals surface area contributed by atoms with Gasteiger partial charge in [0.2, 0.25) is 5.91 Å². The standard InChI is InChI=1S/C12H12F4N2O/c13-9-3-1-8(2-4-9)7-10(12(14,15)16)18-6-5-11(19)17-18/h1-4,10H,5-7H2,(H,17,19)/t10-/m0/s1. The van der Waals surface area contributed by atoms with Crippen molar-refractivity contribution in [1.29, 1.82) is 0 Å². The highest BCUT2D eigenvalue weighted by Crippen LogP contribution is 2.28. The average Bonchev–Trinajstić information content (AvgIpc) is 2.73. The van der Waals surface area contributed by atoms with Crippen molar-refractivity contribution in [2.24, 2.45) is 0 Å². The molecule has 1 saturated heterocycles. The van der Waals surface area contributed by atoms with E-state index in [1.165, 1.54) is 12.1 Å². The first kappa shape index (κ1) is 13.8. The normalized spacial score (nSPS) is 18.4. The maximum atomic E-state index is 13.0. The van der Waals surface area contributed by atoms with Crippen LogP contribution in [0, 0.1) is 5.82 Å². The van der Waals surface area contributed by atoms with Gasteiger partial charge in [0, 0.05) is 13.0 Å². The highest BCUT2D eigenvalue weighted by molar-refractivity contribution is 5.77. The zero-order valence-electron chi connectivity index (χ0n) is 9.88. The van der Waals surface area contributed by atoms with Crippen molar-refractivity contribution in [2.75, 3.05) is 6.54 Å². The summed E-state index contributed by atoms with van der Waals surface area (Å²) >= 11 is 0. The molecule has 19 heavy (non-hydrogen) atoms. The molecule has 7 heteroatoms. The van der Waals surface area contributed by atoms with E-state index in [4.69, 9.17) is 0 Å². The van der Waals surface area contributed by atoms with E-state index in [-0.39, 0.29) is 19.4 Å². The molecular formula is C12H12F4N2O. The van der Waals surface area contributed by atoms with Crippen LogP contribution in [-0.4, -0.2) is 29.7 Å². The number of amides is 1. The first-order chi connectivity index (χ1) is 8.86. The molecule has 1 aromatic carbocycles. The van der Waals surface area contributed by atoms with Crippen molar-refractivity contribution >= 4 is 5.91 Å². The van der Waals surface area contributed by atoms with Crippen LogP contribution in [0.4, 0.5) is 17.6 Å². The molecule has 1 heterocycles. The number of hydrogen-bond acceptors (Lipinski definition) is 2. The Balaban J connectivity index is 2.14. The Morgan fingerprint density at radius 3 is 2.37 bits per heavy atom. The zero-order chi connectivity index (χ0) is 14.0. The molecule has 0 saturated carbocycles. The molecular weight excluding hydrogens is 264 g/mol. The van der Waals surface area contributed by atoms with Crippen LogP contribution in [0.5, 0.6) is 0 Å². The predicted molar refractivity (Wildman–Crippen MR) is 59.4 cm³/mol. The average molecular weight is 276 g/mol. The fraction of sp³-hybridized carbons (Fsp3) is 0.417. The largest absolute Gasteiger partial charge is 0.406 e. The molecule has 1 N–H and O–H groups in total. The SMILES string of the molecule is O=C1CCN([C@@H](Cc2ccc(F)cc2)C(F)(F)F)N1. The van der Waals surface area contributed by atoms with Gasteiger partial charge in [-0.3, -0.25) is 10.2 Å². The topological polar surface area (TPSA) is 32.3 Å². The van der Waals surface area contributed by atoms with Crippen LogP contribution in [0.25, 0.3) is 0 Å². The van der Waals surface area contributed by atoms with Gasteiger partial charge in [0.1, 0.15) is 11.9 Å². The maximum Gasteiger partial charge on any atom is 0.406 e. The van der Waals surface area contributed by atoms with Gasteiger partial charge in [-0.15, -0.1) is 0 Å². The molecule has 0 radical (unpaired) electrons. The van der Waals surface area contributed by atoms with Crippen molar-refractivity contribution in [3.63, 3.8) is 0 Å². The molecule has 3 nitrogen and oxygen atoms in total. The van der Waals surface area contributed by atoms with E-state index in [9.17, 15) is 22.4 Å². The Bertz CT molecular complexity index is 458. The van der Waals surface area contributed by atoms with Crippen molar-refractivity contribution < 1.29 is 22.4 Å². The first-order valence-corrected chi connectivity index (χ1v) is 5.73. The number of halogens is 4. The van der Waals surface area contributed by atoms with Gasteiger partial charge in [0.25, 0.3) is 0 Å². The van der Waals surface area contributed by atoms with Crippen LogP contribution in [0.1, 0.15) is 12.0 Å². The van der Waals surface area contributed by atoms with Gasteiger partial charge in [0.05, 0.1) is 0 Å². The van der Waals surface area contributed by atoms with Gasteiger partial charge in [-0.05, 0) is 24.1 Å². The second-order valence-electron chi connectivity index (χ2n) is 4.37. The van der Waals surface area contributed by atoms with E-state index in [0.29, 0.717) is 5.56 Å². The van der Waals surface area contributed by atoms with Crippen LogP contribution in [0.15, 0.2) is 24.3 Å². The molecule has 2 rings (SSSR count). The lowest BCUT2D eigenvalue weighted by atomic mass is 10.1. The Morgan fingerprint density at radius 2 is 1.89 bits per heavy atom. The number of benzene rings is 1. The number of alkyl halides is 3. The second-order valence-corrected chi connectivity index (χ2v) is 4.37. The highest BCUT2D eigenvalue weighted by Gasteiger charge is 2.45. The third-order valence-electron chi connectivity index (χ3n) is 2.94. The fourth-order valence-corrected chi connectivity index (χ4v) is 1.97. The summed E-state index contributed by atoms with van der Waals surface area (Å²) in [6.45, 7) is 0.0181. The summed E-state index contributed by atoms with van der Waals surface area (Å²) in [6.07, 6.45) is -4.74. The molecule has 0 unspecified atom stereocenters. The number of rotatable bonds is 3. The molecule has 1 aliphatic heterocycles. The number of hydrazine groups is 1. The lowest BCUT2D eigenvalue weighted by molar-refractivity contribution is -0.187. The number of carbonyl (C=O) groups is 1. The van der Waals surface area contributed by atoms with Gasteiger partial charge in [-0.2, -0.15) is 13.2 Å². The van der Waals surface area contributed by atoms with Crippen LogP contribution in [0.3, 0.4) is 0 Å². The molecule has 0 aromatic heterocycles. The summed E-state index contributed by atoms with van der Waals surface area (Å²) in [6, 6.07) is 3.05. The molecule has 0 spiro atoms. The summed E-state index contributed by atoms with van der Waals surface area (Å²) in [5.41, 5.74) is 2.56. The van der Waals surface area contributed by atoms with Gasteiger partial charge in [0.15, 0.2) is 0 Å². The predicted octanol–water partition coefficient (Wildman–Crippen LogP) is 2.04. The molecule has 104 valence electrons. The van der Waals surface area contributed by atoms with Crippen LogP contribution in [-0.2, 0) is 11.2 Å². The number of nitrogens with one attached hydrogen (secondary N) is 1. The molecule has 1 fully saturated rings. The maximum absolute atomic E-state index is 13.0. The summed E-state index contributed by atoms with van der Waals surface area (Å²) in [4.78, 5) is 11.0. The zero-order valence-corrected chi connectivity index (χ0v) is 9.88. The Labute approximate surface area is 107 Å². The lowest BCUT2D eigenvalue weighted by Crippen LogP contribution is -2.51. The minimum atomic E-state index is -4.47. The summed E-state index contributed by atoms with van der Waals surface area (Å²) in [5.74, 6) is -0.921. The smallest absolute Gasteiger partial charge is 0.288 e. The van der Waals surface area contributed by atoms with E-state index >= 15 is 0 Å². The molecule has 1 aromatic rings. The van der Waals surface area contributed by atoms with Crippen LogP contribution in [0.2, 0.25) is 0 Å². The Hall–Kier alpha value is -1.63. The fourth-order valence-electron chi connectivity index (χ4n) is 1.97. The highest BCUT2D eigenvalue weighted by atomic mass is 19.4. The monoisotopic (exact) mass is 276 g/mol. The molecule has 0 aliphatic carbocycles. The molecule has 1 atom stereocenters. The van der Waals surface area contributed by atoms with Crippen LogP contribution < -0.4 is 5.43 Å². The van der Waals surface area contributed by atoms with Gasteiger partial charge < -0.3 is 0 Å². The summed E-state index contributed by atoms with van der Waals surface area (Å²) in [5, 5.41) is 0.895. The van der Waals surface area contributed by atoms with E-state index in [2.05, 4.69) is 5.43 Å². The minimum Gasteiger partial charge on any atom is -0.288 e. The molecule has 1 aliphatic rings. The number of nitrogens with zero attached hydrogens (tertiary/aromatic N) is 1. The van der Waals surface area contributed by atoms with E-state index < -0.39 is 23.9 Å². The Kier molecular flexibility index (Phi) is 3.75. The van der Waals surface area contributed by atoms with E-state index in [0.717, 1.165) is 17.1 Å². The summed E-state index contributed by atoms with van der Waals surface area (Å²) in [7, 11) is 0. The molecule has 1 amide bonds. The van der Waals surface area contributed by atoms with Gasteiger partial charge in [-0.1, -0.05) is 12.1 Å². The number of hydrogen-bond donors (Lipinski definition) is 1. The summed E-state index contributed by atoms with van der Waals surface area (Å²) < 4.78 is 51.7. The minimum absolute atomic E-state index is 0.0181. The third-order valence-corrected chi connectivity index (χ3v) is 2.94. The van der Waals surface area contributed by atoms with Crippen LogP contribution >= 0.6 is 0 Å². The lowest BCUT2D eigenvalue weighted by Gasteiger charge is -2.28. The quantitative estimate of drug-likeness (QED) is 0.857. The van der Waals surface area contributed by atoms with Gasteiger partial charge in [-0.25, -0.2) is 9.40 Å². The first-order valence-electron chi connectivity index (χ1n) is 5.73. The number of carbonyl (C=O) groups excluding carboxylic acids is 1. The second kappa shape index (κ2) is 5.16. The van der Waals surface area contributed by atoms with Crippen molar-refractivity contribution in [3.8, 4) is 0 Å². The van der Waals surface area contributed by atoms with Crippen molar-refractivity contribution in [3.05, 3.63) is 35.6 Å². The Morgan fingerprint density at radius 1 is 1.26 bits per heavy atom. The van der Waals surface area contributed by atoms with Gasteiger partial charge >= 0.3 is 6.18 Å². The van der Waals surface area contributed by atoms with Crippen molar-refractivity contribution in [2.45, 2.75) is 25.1 Å². The van der Waals surface area contributed by atoms with Crippen molar-refractivity contribution in [1.82, 2.24) is 10.4 Å². The third kappa shape index (κ3) is 3.44.